The molecule has 3 rings (SSSR count). The minimum atomic E-state index is -0.269. The molecule has 0 unspecified atom stereocenters. The number of hydrogen-bond donors (Lipinski definition) is 1. The van der Waals surface area contributed by atoms with Gasteiger partial charge in [0.2, 0.25) is 5.91 Å². The lowest BCUT2D eigenvalue weighted by Crippen LogP contribution is -2.35. The number of nitrogens with one attached hydrogen (secondary N) is 1. The van der Waals surface area contributed by atoms with Gasteiger partial charge in [0.05, 0.1) is 26.5 Å². The number of thiophene rings is 1. The Labute approximate surface area is 168 Å². The zero-order valence-corrected chi connectivity index (χ0v) is 16.8. The fraction of sp³-hybridized carbons (Fsp3) is 0.400. The number of methoxy groups -OCH3 is 2. The van der Waals surface area contributed by atoms with Crippen LogP contribution in [0.4, 0.5) is 5.69 Å². The number of hydrogen-bond acceptors (Lipinski definition) is 6. The molecule has 2 amide bonds. The normalized spacial score (nSPS) is 13.9. The largest absolute Gasteiger partial charge is 0.493 e. The van der Waals surface area contributed by atoms with Gasteiger partial charge in [-0.2, -0.15) is 11.3 Å². The first kappa shape index (κ1) is 20.2. The highest BCUT2D eigenvalue weighted by Gasteiger charge is 2.23. The second-order valence-corrected chi connectivity index (χ2v) is 7.17. The Morgan fingerprint density at radius 3 is 2.75 bits per heavy atom. The molecule has 1 aromatic carbocycles. The minimum absolute atomic E-state index is 0.162. The highest BCUT2D eigenvalue weighted by atomic mass is 32.1. The maximum absolute atomic E-state index is 12.8. The predicted octanol–water partition coefficient (Wildman–Crippen LogP) is 3.50. The predicted molar refractivity (Wildman–Crippen MR) is 107 cm³/mol. The second kappa shape index (κ2) is 9.57. The first-order valence-corrected chi connectivity index (χ1v) is 10.1. The van der Waals surface area contributed by atoms with Crippen molar-refractivity contribution in [3.05, 3.63) is 40.1 Å². The van der Waals surface area contributed by atoms with E-state index in [-0.39, 0.29) is 11.8 Å². The van der Waals surface area contributed by atoms with Gasteiger partial charge in [0.25, 0.3) is 5.91 Å². The van der Waals surface area contributed by atoms with E-state index in [9.17, 15) is 9.59 Å². The van der Waals surface area contributed by atoms with Crippen LogP contribution in [0.2, 0.25) is 0 Å². The molecule has 7 nitrogen and oxygen atoms in total. The van der Waals surface area contributed by atoms with E-state index >= 15 is 0 Å². The number of rotatable bonds is 7. The highest BCUT2D eigenvalue weighted by molar-refractivity contribution is 7.07. The Hall–Kier alpha value is -2.58. The van der Waals surface area contributed by atoms with Crippen molar-refractivity contribution in [2.75, 3.05) is 32.7 Å². The zero-order valence-electron chi connectivity index (χ0n) is 16.0. The summed E-state index contributed by atoms with van der Waals surface area (Å²) < 4.78 is 10.8. The van der Waals surface area contributed by atoms with Gasteiger partial charge < -0.3 is 14.8 Å². The molecular weight excluding hydrogens is 380 g/mol. The molecule has 1 fully saturated rings. The maximum atomic E-state index is 12.8. The number of benzene rings is 1. The van der Waals surface area contributed by atoms with E-state index in [2.05, 4.69) is 5.32 Å². The molecule has 150 valence electrons. The van der Waals surface area contributed by atoms with E-state index in [0.717, 1.165) is 18.4 Å². The van der Waals surface area contributed by atoms with Crippen molar-refractivity contribution in [3.63, 3.8) is 0 Å². The summed E-state index contributed by atoms with van der Waals surface area (Å²) in [4.78, 5) is 30.7. The van der Waals surface area contributed by atoms with Crippen molar-refractivity contribution in [2.45, 2.75) is 25.7 Å². The molecule has 0 atom stereocenters. The Kier molecular flexibility index (Phi) is 6.89. The number of ether oxygens (including phenoxy) is 2. The summed E-state index contributed by atoms with van der Waals surface area (Å²) in [6, 6.07) is 5.20. The molecule has 1 N–H and O–H groups in total. The van der Waals surface area contributed by atoms with Crippen LogP contribution in [0.25, 0.3) is 0 Å². The third kappa shape index (κ3) is 4.82. The van der Waals surface area contributed by atoms with Crippen LogP contribution in [0.15, 0.2) is 29.0 Å². The summed E-state index contributed by atoms with van der Waals surface area (Å²) in [6.45, 7) is 1.06. The molecule has 0 saturated carbocycles. The SMILES string of the molecule is COc1cc(C(=O)N2CCCCO2)cc(NC(=O)CCc2ccsc2)c1OC. The standard InChI is InChI=1S/C20H24N2O5S/c1-25-17-12-15(20(24)22-8-3-4-9-27-22)11-16(19(17)26-2)21-18(23)6-5-14-7-10-28-13-14/h7,10-13H,3-6,8-9H2,1-2H3,(H,21,23). The Bertz CT molecular complexity index is 816. The fourth-order valence-corrected chi connectivity index (χ4v) is 3.69. The third-order valence-corrected chi connectivity index (χ3v) is 5.18. The van der Waals surface area contributed by atoms with E-state index in [0.29, 0.717) is 48.7 Å². The van der Waals surface area contributed by atoms with Gasteiger partial charge in [-0.15, -0.1) is 0 Å². The van der Waals surface area contributed by atoms with E-state index in [4.69, 9.17) is 14.3 Å². The number of hydroxylamine groups is 2. The lowest BCUT2D eigenvalue weighted by Gasteiger charge is -2.26. The van der Waals surface area contributed by atoms with Crippen LogP contribution in [-0.2, 0) is 16.1 Å². The van der Waals surface area contributed by atoms with Gasteiger partial charge in [-0.05, 0) is 53.8 Å². The zero-order chi connectivity index (χ0) is 19.9. The molecule has 1 saturated heterocycles. The summed E-state index contributed by atoms with van der Waals surface area (Å²) in [7, 11) is 2.99. The van der Waals surface area contributed by atoms with Crippen LogP contribution < -0.4 is 14.8 Å². The van der Waals surface area contributed by atoms with Crippen LogP contribution in [0.1, 0.15) is 35.2 Å². The van der Waals surface area contributed by atoms with E-state index in [1.807, 2.05) is 16.8 Å². The van der Waals surface area contributed by atoms with E-state index < -0.39 is 0 Å². The number of amides is 2. The number of anilines is 1. The van der Waals surface area contributed by atoms with Crippen molar-refractivity contribution in [1.82, 2.24) is 5.06 Å². The summed E-state index contributed by atoms with van der Waals surface area (Å²) >= 11 is 1.60. The second-order valence-electron chi connectivity index (χ2n) is 6.39. The fourth-order valence-electron chi connectivity index (χ4n) is 2.99. The molecule has 0 aliphatic carbocycles. The number of carbonyl (C=O) groups excluding carboxylic acids is 2. The number of aryl methyl sites for hydroxylation is 1. The van der Waals surface area contributed by atoms with Crippen LogP contribution in [0.5, 0.6) is 11.5 Å². The van der Waals surface area contributed by atoms with Gasteiger partial charge in [0, 0.05) is 18.5 Å². The average molecular weight is 404 g/mol. The number of nitrogens with zero attached hydrogens (tertiary/aromatic N) is 1. The monoisotopic (exact) mass is 404 g/mol. The summed E-state index contributed by atoms with van der Waals surface area (Å²) in [5.41, 5.74) is 1.89. The van der Waals surface area contributed by atoms with Crippen LogP contribution in [0, 0.1) is 0 Å². The van der Waals surface area contributed by atoms with Crippen molar-refractivity contribution in [1.29, 1.82) is 0 Å². The minimum Gasteiger partial charge on any atom is -0.493 e. The summed E-state index contributed by atoms with van der Waals surface area (Å²) in [5.74, 6) is 0.320. The van der Waals surface area contributed by atoms with Gasteiger partial charge >= 0.3 is 0 Å². The Morgan fingerprint density at radius 2 is 2.11 bits per heavy atom. The molecule has 8 heteroatoms. The summed E-state index contributed by atoms with van der Waals surface area (Å²) in [6.07, 6.45) is 2.80. The van der Waals surface area contributed by atoms with Crippen LogP contribution in [0.3, 0.4) is 0 Å². The highest BCUT2D eigenvalue weighted by Crippen LogP contribution is 2.37. The Balaban J connectivity index is 1.79. The third-order valence-electron chi connectivity index (χ3n) is 4.45. The van der Waals surface area contributed by atoms with Gasteiger partial charge in [-0.3, -0.25) is 14.4 Å². The molecule has 0 radical (unpaired) electrons. The average Bonchev–Trinajstić information content (AvgIpc) is 3.25. The maximum Gasteiger partial charge on any atom is 0.277 e. The van der Waals surface area contributed by atoms with Crippen molar-refractivity contribution in [3.8, 4) is 11.5 Å². The summed E-state index contributed by atoms with van der Waals surface area (Å²) in [5, 5.41) is 8.21. The van der Waals surface area contributed by atoms with Crippen molar-refractivity contribution >= 4 is 28.8 Å². The van der Waals surface area contributed by atoms with Crippen molar-refractivity contribution < 1.29 is 23.9 Å². The lowest BCUT2D eigenvalue weighted by molar-refractivity contribution is -0.144. The smallest absolute Gasteiger partial charge is 0.277 e. The quantitative estimate of drug-likeness (QED) is 0.764. The molecule has 2 heterocycles. The first-order chi connectivity index (χ1) is 13.6. The topological polar surface area (TPSA) is 77.1 Å². The molecule has 2 aromatic rings. The molecule has 0 spiro atoms. The van der Waals surface area contributed by atoms with Gasteiger partial charge in [-0.25, -0.2) is 5.06 Å². The molecule has 1 aromatic heterocycles. The lowest BCUT2D eigenvalue weighted by atomic mass is 10.1. The van der Waals surface area contributed by atoms with Crippen LogP contribution >= 0.6 is 11.3 Å². The molecule has 0 bridgehead atoms. The van der Waals surface area contributed by atoms with Crippen molar-refractivity contribution in [2.24, 2.45) is 0 Å². The Morgan fingerprint density at radius 1 is 1.25 bits per heavy atom. The van der Waals surface area contributed by atoms with Crippen LogP contribution in [-0.4, -0.2) is 44.2 Å². The molecular formula is C20H24N2O5S. The molecule has 1 aliphatic heterocycles. The van der Waals surface area contributed by atoms with Gasteiger partial charge in [-0.1, -0.05) is 0 Å². The number of carbonyl (C=O) groups is 2. The van der Waals surface area contributed by atoms with E-state index in [1.165, 1.54) is 19.3 Å². The molecule has 28 heavy (non-hydrogen) atoms. The molecule has 1 aliphatic rings. The van der Waals surface area contributed by atoms with E-state index in [1.54, 1.807) is 23.5 Å². The first-order valence-electron chi connectivity index (χ1n) is 9.14. The van der Waals surface area contributed by atoms with Gasteiger partial charge in [0.15, 0.2) is 11.5 Å². The van der Waals surface area contributed by atoms with Gasteiger partial charge in [0.1, 0.15) is 0 Å².